The second-order valence-corrected chi connectivity index (χ2v) is 5.77. The molecule has 0 unspecified atom stereocenters. The Balaban J connectivity index is 2.04. The minimum Gasteiger partial charge on any atom is -0.359 e. The molecule has 7 heteroatoms. The van der Waals surface area contributed by atoms with Gasteiger partial charge in [-0.3, -0.25) is 4.79 Å². The van der Waals surface area contributed by atoms with Crippen LogP contribution < -0.4 is 10.6 Å². The van der Waals surface area contributed by atoms with E-state index >= 15 is 0 Å². The molecule has 0 spiro atoms. The van der Waals surface area contributed by atoms with E-state index in [1.165, 1.54) is 4.90 Å². The number of aryl methyl sites for hydroxylation is 1. The normalized spacial score (nSPS) is 11.7. The average molecular weight is 329 g/mol. The molecule has 0 saturated heterocycles. The lowest BCUT2D eigenvalue weighted by atomic mass is 10.1. The van der Waals surface area contributed by atoms with Crippen LogP contribution in [0.25, 0.3) is 11.4 Å². The number of urea groups is 1. The molecule has 3 amide bonds. The highest BCUT2D eigenvalue weighted by Crippen LogP contribution is 2.20. The van der Waals surface area contributed by atoms with E-state index in [4.69, 9.17) is 0 Å². The van der Waals surface area contributed by atoms with Crippen LogP contribution in [-0.4, -0.2) is 47.0 Å². The summed E-state index contributed by atoms with van der Waals surface area (Å²) in [6, 6.07) is 7.24. The molecule has 24 heavy (non-hydrogen) atoms. The molecule has 2 N–H and O–H groups in total. The fraction of sp³-hybridized carbons (Fsp3) is 0.353. The van der Waals surface area contributed by atoms with Gasteiger partial charge in [-0.1, -0.05) is 19.1 Å². The van der Waals surface area contributed by atoms with Crippen molar-refractivity contribution >= 4 is 17.6 Å². The zero-order chi connectivity index (χ0) is 17.7. The van der Waals surface area contributed by atoms with E-state index in [1.807, 2.05) is 42.1 Å². The summed E-state index contributed by atoms with van der Waals surface area (Å²) in [5.74, 6) is 0.462. The number of hydrogen-bond acceptors (Lipinski definition) is 3. The first-order chi connectivity index (χ1) is 11.4. The standard InChI is InChI=1S/C17H23N5O2/c1-12(16(23)18-2)11-22(4)17(24)20-14-7-5-6-13(10-14)15-19-8-9-21(15)3/h5-10,12H,11H2,1-4H3,(H,18,23)(H,20,24)/t12-/m1/s1. The van der Waals surface area contributed by atoms with Crippen molar-refractivity contribution in [1.29, 1.82) is 0 Å². The van der Waals surface area contributed by atoms with E-state index < -0.39 is 0 Å². The molecule has 0 aliphatic heterocycles. The van der Waals surface area contributed by atoms with Gasteiger partial charge in [0, 0.05) is 51.3 Å². The Bertz CT molecular complexity index is 725. The molecule has 7 nitrogen and oxygen atoms in total. The smallest absolute Gasteiger partial charge is 0.321 e. The summed E-state index contributed by atoms with van der Waals surface area (Å²) < 4.78 is 1.91. The monoisotopic (exact) mass is 329 g/mol. The van der Waals surface area contributed by atoms with Gasteiger partial charge in [0.15, 0.2) is 0 Å². The van der Waals surface area contributed by atoms with Crippen LogP contribution in [0.2, 0.25) is 0 Å². The van der Waals surface area contributed by atoms with Crippen LogP contribution in [0.3, 0.4) is 0 Å². The largest absolute Gasteiger partial charge is 0.359 e. The molecule has 0 saturated carbocycles. The maximum Gasteiger partial charge on any atom is 0.321 e. The molecule has 0 aliphatic rings. The number of imidazole rings is 1. The van der Waals surface area contributed by atoms with E-state index in [1.54, 1.807) is 27.2 Å². The number of hydrogen-bond donors (Lipinski definition) is 2. The van der Waals surface area contributed by atoms with Gasteiger partial charge in [-0.15, -0.1) is 0 Å². The van der Waals surface area contributed by atoms with Crippen molar-refractivity contribution in [2.45, 2.75) is 6.92 Å². The predicted octanol–water partition coefficient (Wildman–Crippen LogP) is 1.93. The lowest BCUT2D eigenvalue weighted by molar-refractivity contribution is -0.124. The third-order valence-electron chi connectivity index (χ3n) is 3.78. The Morgan fingerprint density at radius 2 is 2.12 bits per heavy atom. The van der Waals surface area contributed by atoms with Gasteiger partial charge in [0.1, 0.15) is 5.82 Å². The molecule has 0 aliphatic carbocycles. The summed E-state index contributed by atoms with van der Waals surface area (Å²) in [5.41, 5.74) is 1.60. The summed E-state index contributed by atoms with van der Waals surface area (Å²) in [6.45, 7) is 2.12. The summed E-state index contributed by atoms with van der Waals surface area (Å²) in [5, 5.41) is 5.42. The van der Waals surface area contributed by atoms with E-state index in [2.05, 4.69) is 15.6 Å². The second-order valence-electron chi connectivity index (χ2n) is 5.77. The van der Waals surface area contributed by atoms with E-state index in [0.29, 0.717) is 12.2 Å². The molecule has 2 aromatic rings. The summed E-state index contributed by atoms with van der Waals surface area (Å²) in [4.78, 5) is 29.6. The van der Waals surface area contributed by atoms with Gasteiger partial charge in [-0.2, -0.15) is 0 Å². The van der Waals surface area contributed by atoms with Crippen molar-refractivity contribution in [3.05, 3.63) is 36.7 Å². The highest BCUT2D eigenvalue weighted by atomic mass is 16.2. The van der Waals surface area contributed by atoms with Gasteiger partial charge in [0.05, 0.1) is 5.92 Å². The number of amides is 3. The van der Waals surface area contributed by atoms with Crippen molar-refractivity contribution in [3.63, 3.8) is 0 Å². The Morgan fingerprint density at radius 3 is 2.75 bits per heavy atom. The molecule has 2 rings (SSSR count). The van der Waals surface area contributed by atoms with Crippen LogP contribution in [0.4, 0.5) is 10.5 Å². The molecule has 0 radical (unpaired) electrons. The minimum atomic E-state index is -0.273. The molecule has 0 fully saturated rings. The van der Waals surface area contributed by atoms with Crippen LogP contribution >= 0.6 is 0 Å². The SMILES string of the molecule is CNC(=O)[C@H](C)CN(C)C(=O)Nc1cccc(-c2nccn2C)c1. The van der Waals surface area contributed by atoms with Gasteiger partial charge in [-0.25, -0.2) is 9.78 Å². The molecule has 1 atom stereocenters. The van der Waals surface area contributed by atoms with Crippen molar-refractivity contribution in [3.8, 4) is 11.4 Å². The van der Waals surface area contributed by atoms with Crippen molar-refractivity contribution in [2.75, 3.05) is 26.0 Å². The Morgan fingerprint density at radius 1 is 1.38 bits per heavy atom. The summed E-state index contributed by atoms with van der Waals surface area (Å²) in [6.07, 6.45) is 3.60. The molecule has 128 valence electrons. The molecule has 0 bridgehead atoms. The molecule has 1 aromatic carbocycles. The zero-order valence-corrected chi connectivity index (χ0v) is 14.4. The molecular formula is C17H23N5O2. The first-order valence-corrected chi connectivity index (χ1v) is 7.74. The number of carbonyl (C=O) groups excluding carboxylic acids is 2. The maximum absolute atomic E-state index is 12.3. The highest BCUT2D eigenvalue weighted by molar-refractivity contribution is 5.90. The maximum atomic E-state index is 12.3. The number of nitrogens with one attached hydrogen (secondary N) is 2. The highest BCUT2D eigenvalue weighted by Gasteiger charge is 2.17. The van der Waals surface area contributed by atoms with Gasteiger partial charge < -0.3 is 20.1 Å². The number of anilines is 1. The number of carbonyl (C=O) groups is 2. The van der Waals surface area contributed by atoms with Crippen LogP contribution in [0.1, 0.15) is 6.92 Å². The lowest BCUT2D eigenvalue weighted by Crippen LogP contribution is -2.39. The Kier molecular flexibility index (Phi) is 5.57. The number of rotatable bonds is 5. The predicted molar refractivity (Wildman–Crippen MR) is 93.5 cm³/mol. The van der Waals surface area contributed by atoms with Crippen LogP contribution in [0.5, 0.6) is 0 Å². The van der Waals surface area contributed by atoms with Gasteiger partial charge in [0.2, 0.25) is 5.91 Å². The van der Waals surface area contributed by atoms with Crippen LogP contribution in [0, 0.1) is 5.92 Å². The fourth-order valence-electron chi connectivity index (χ4n) is 2.42. The summed E-state index contributed by atoms with van der Waals surface area (Å²) in [7, 11) is 5.17. The lowest BCUT2D eigenvalue weighted by Gasteiger charge is -2.21. The van der Waals surface area contributed by atoms with Gasteiger partial charge in [-0.05, 0) is 12.1 Å². The third-order valence-corrected chi connectivity index (χ3v) is 3.78. The fourth-order valence-corrected chi connectivity index (χ4v) is 2.42. The van der Waals surface area contributed by atoms with Crippen molar-refractivity contribution in [1.82, 2.24) is 19.8 Å². The first kappa shape index (κ1) is 17.5. The Labute approximate surface area is 141 Å². The zero-order valence-electron chi connectivity index (χ0n) is 14.4. The number of benzene rings is 1. The summed E-state index contributed by atoms with van der Waals surface area (Å²) >= 11 is 0. The van der Waals surface area contributed by atoms with Crippen LogP contribution in [0.15, 0.2) is 36.7 Å². The van der Waals surface area contributed by atoms with E-state index in [0.717, 1.165) is 11.4 Å². The first-order valence-electron chi connectivity index (χ1n) is 7.74. The second kappa shape index (κ2) is 7.63. The minimum absolute atomic E-state index is 0.0913. The van der Waals surface area contributed by atoms with Crippen molar-refractivity contribution < 1.29 is 9.59 Å². The van der Waals surface area contributed by atoms with Crippen LogP contribution in [-0.2, 0) is 11.8 Å². The number of nitrogens with zero attached hydrogens (tertiary/aromatic N) is 3. The van der Waals surface area contributed by atoms with E-state index in [-0.39, 0.29) is 17.9 Å². The molecule has 1 aromatic heterocycles. The van der Waals surface area contributed by atoms with Crippen molar-refractivity contribution in [2.24, 2.45) is 13.0 Å². The van der Waals surface area contributed by atoms with Gasteiger partial charge >= 0.3 is 6.03 Å². The average Bonchev–Trinajstić information content (AvgIpc) is 3.00. The van der Waals surface area contributed by atoms with E-state index in [9.17, 15) is 9.59 Å². The molecule has 1 heterocycles. The Hall–Kier alpha value is -2.83. The topological polar surface area (TPSA) is 79.3 Å². The quantitative estimate of drug-likeness (QED) is 0.880. The third kappa shape index (κ3) is 4.13. The number of aromatic nitrogens is 2. The van der Waals surface area contributed by atoms with Gasteiger partial charge in [0.25, 0.3) is 0 Å². The molecular weight excluding hydrogens is 306 g/mol.